The van der Waals surface area contributed by atoms with E-state index in [0.717, 1.165) is 34.3 Å². The SMILES string of the molecule is CCn1c(Cc2ccc(OC)c(OC)c2)nnc1SCC(=O)Nc1ccccc1C. The van der Waals surface area contributed by atoms with E-state index in [1.165, 1.54) is 11.8 Å². The van der Waals surface area contributed by atoms with E-state index in [1.54, 1.807) is 14.2 Å². The summed E-state index contributed by atoms with van der Waals surface area (Å²) in [4.78, 5) is 12.4. The number of benzene rings is 2. The maximum Gasteiger partial charge on any atom is 0.234 e. The molecule has 8 heteroatoms. The molecule has 0 atom stereocenters. The van der Waals surface area contributed by atoms with Crippen LogP contribution in [0.1, 0.15) is 23.9 Å². The Bertz CT molecular complexity index is 1020. The predicted molar refractivity (Wildman–Crippen MR) is 119 cm³/mol. The number of aryl methyl sites for hydroxylation is 1. The number of rotatable bonds is 9. The maximum atomic E-state index is 12.4. The third kappa shape index (κ3) is 5.13. The molecule has 7 nitrogen and oxygen atoms in total. The lowest BCUT2D eigenvalue weighted by atomic mass is 10.1. The Morgan fingerprint density at radius 1 is 1.10 bits per heavy atom. The number of thioether (sulfide) groups is 1. The van der Waals surface area contributed by atoms with Gasteiger partial charge in [-0.3, -0.25) is 4.79 Å². The van der Waals surface area contributed by atoms with Crippen LogP contribution in [-0.2, 0) is 17.8 Å². The number of carbonyl (C=O) groups excluding carboxylic acids is 1. The van der Waals surface area contributed by atoms with Gasteiger partial charge in [0.25, 0.3) is 0 Å². The Morgan fingerprint density at radius 3 is 2.57 bits per heavy atom. The predicted octanol–water partition coefficient (Wildman–Crippen LogP) is 3.95. The molecule has 30 heavy (non-hydrogen) atoms. The van der Waals surface area contributed by atoms with Crippen molar-refractivity contribution in [1.29, 1.82) is 0 Å². The van der Waals surface area contributed by atoms with Crippen LogP contribution in [0.4, 0.5) is 5.69 Å². The van der Waals surface area contributed by atoms with Crippen LogP contribution in [0.25, 0.3) is 0 Å². The van der Waals surface area contributed by atoms with Crippen molar-refractivity contribution in [2.45, 2.75) is 32.0 Å². The lowest BCUT2D eigenvalue weighted by Crippen LogP contribution is -2.15. The van der Waals surface area contributed by atoms with Gasteiger partial charge in [-0.15, -0.1) is 10.2 Å². The highest BCUT2D eigenvalue weighted by Gasteiger charge is 2.15. The highest BCUT2D eigenvalue weighted by molar-refractivity contribution is 7.99. The zero-order valence-corrected chi connectivity index (χ0v) is 18.5. The van der Waals surface area contributed by atoms with E-state index in [4.69, 9.17) is 9.47 Å². The summed E-state index contributed by atoms with van der Waals surface area (Å²) in [6, 6.07) is 13.5. The number of nitrogens with zero attached hydrogens (tertiary/aromatic N) is 3. The molecule has 1 heterocycles. The van der Waals surface area contributed by atoms with E-state index in [-0.39, 0.29) is 11.7 Å². The van der Waals surface area contributed by atoms with E-state index < -0.39 is 0 Å². The minimum Gasteiger partial charge on any atom is -0.493 e. The Kier molecular flexibility index (Phi) is 7.35. The summed E-state index contributed by atoms with van der Waals surface area (Å²) in [6.07, 6.45) is 0.608. The number of carbonyl (C=O) groups is 1. The monoisotopic (exact) mass is 426 g/mol. The van der Waals surface area contributed by atoms with E-state index >= 15 is 0 Å². The van der Waals surface area contributed by atoms with Crippen molar-refractivity contribution < 1.29 is 14.3 Å². The number of hydrogen-bond donors (Lipinski definition) is 1. The Labute approximate surface area is 180 Å². The lowest BCUT2D eigenvalue weighted by Gasteiger charge is -2.11. The minimum atomic E-state index is -0.0682. The molecule has 1 N–H and O–H groups in total. The first-order valence-corrected chi connectivity index (χ1v) is 10.7. The molecule has 158 valence electrons. The molecule has 1 amide bonds. The Balaban J connectivity index is 1.67. The largest absolute Gasteiger partial charge is 0.493 e. The zero-order chi connectivity index (χ0) is 21.5. The van der Waals surface area contributed by atoms with E-state index in [0.29, 0.717) is 17.9 Å². The average molecular weight is 427 g/mol. The molecule has 0 unspecified atom stereocenters. The van der Waals surface area contributed by atoms with Gasteiger partial charge in [-0.05, 0) is 43.2 Å². The summed E-state index contributed by atoms with van der Waals surface area (Å²) >= 11 is 1.38. The standard InChI is InChI=1S/C22H26N4O3S/c1-5-26-20(13-16-10-11-18(28-3)19(12-16)29-4)24-25-22(26)30-14-21(27)23-17-9-7-6-8-15(17)2/h6-12H,5,13-14H2,1-4H3,(H,23,27). The number of anilines is 1. The molecule has 2 aromatic carbocycles. The van der Waals surface area contributed by atoms with Crippen LogP contribution in [-0.4, -0.2) is 40.6 Å². The van der Waals surface area contributed by atoms with Gasteiger partial charge in [-0.1, -0.05) is 36.0 Å². The molecule has 0 aliphatic heterocycles. The van der Waals surface area contributed by atoms with Gasteiger partial charge < -0.3 is 19.4 Å². The van der Waals surface area contributed by atoms with Crippen molar-refractivity contribution in [3.05, 3.63) is 59.4 Å². The van der Waals surface area contributed by atoms with E-state index in [1.807, 2.05) is 60.9 Å². The van der Waals surface area contributed by atoms with Crippen LogP contribution >= 0.6 is 11.8 Å². The molecule has 0 aliphatic rings. The number of hydrogen-bond acceptors (Lipinski definition) is 6. The highest BCUT2D eigenvalue weighted by Crippen LogP contribution is 2.29. The van der Waals surface area contributed by atoms with Gasteiger partial charge in [0.15, 0.2) is 16.7 Å². The van der Waals surface area contributed by atoms with E-state index in [2.05, 4.69) is 15.5 Å². The minimum absolute atomic E-state index is 0.0682. The average Bonchev–Trinajstić information content (AvgIpc) is 3.15. The van der Waals surface area contributed by atoms with Gasteiger partial charge in [-0.25, -0.2) is 0 Å². The van der Waals surface area contributed by atoms with Crippen LogP contribution in [0.3, 0.4) is 0 Å². The Hall–Kier alpha value is -3.00. The smallest absolute Gasteiger partial charge is 0.234 e. The Morgan fingerprint density at radius 2 is 1.87 bits per heavy atom. The molecule has 0 radical (unpaired) electrons. The molecular formula is C22H26N4O3S. The van der Waals surface area contributed by atoms with Crippen molar-refractivity contribution in [1.82, 2.24) is 14.8 Å². The molecule has 3 rings (SSSR count). The third-order valence-corrected chi connectivity index (χ3v) is 5.64. The third-order valence-electron chi connectivity index (χ3n) is 4.67. The molecular weight excluding hydrogens is 400 g/mol. The quantitative estimate of drug-likeness (QED) is 0.522. The van der Waals surface area contributed by atoms with Crippen LogP contribution in [0.5, 0.6) is 11.5 Å². The summed E-state index contributed by atoms with van der Waals surface area (Å²) in [6.45, 7) is 4.73. The molecule has 0 aliphatic carbocycles. The molecule has 0 spiro atoms. The topological polar surface area (TPSA) is 78.3 Å². The highest BCUT2D eigenvalue weighted by atomic mass is 32.2. The lowest BCUT2D eigenvalue weighted by molar-refractivity contribution is -0.113. The van der Waals surface area contributed by atoms with Crippen molar-refractivity contribution >= 4 is 23.4 Å². The molecule has 0 saturated carbocycles. The van der Waals surface area contributed by atoms with Crippen molar-refractivity contribution in [2.75, 3.05) is 25.3 Å². The first kappa shape index (κ1) is 21.7. The summed E-state index contributed by atoms with van der Waals surface area (Å²) < 4.78 is 12.7. The van der Waals surface area contributed by atoms with Crippen LogP contribution < -0.4 is 14.8 Å². The van der Waals surface area contributed by atoms with Gasteiger partial charge in [0.05, 0.1) is 20.0 Å². The summed E-state index contributed by atoms with van der Waals surface area (Å²) in [5, 5.41) is 12.3. The van der Waals surface area contributed by atoms with Gasteiger partial charge in [0.1, 0.15) is 5.82 Å². The number of ether oxygens (including phenoxy) is 2. The number of aromatic nitrogens is 3. The molecule has 1 aromatic heterocycles. The first-order chi connectivity index (χ1) is 14.5. The molecule has 3 aromatic rings. The second kappa shape index (κ2) is 10.2. The van der Waals surface area contributed by atoms with Gasteiger partial charge in [0, 0.05) is 18.7 Å². The van der Waals surface area contributed by atoms with Crippen molar-refractivity contribution in [3.8, 4) is 11.5 Å². The fourth-order valence-electron chi connectivity index (χ4n) is 3.08. The summed E-state index contributed by atoms with van der Waals surface area (Å²) in [5.74, 6) is 2.41. The van der Waals surface area contributed by atoms with Gasteiger partial charge in [-0.2, -0.15) is 0 Å². The summed E-state index contributed by atoms with van der Waals surface area (Å²) in [7, 11) is 3.23. The van der Waals surface area contributed by atoms with E-state index in [9.17, 15) is 4.79 Å². The normalized spacial score (nSPS) is 10.7. The zero-order valence-electron chi connectivity index (χ0n) is 17.6. The summed E-state index contributed by atoms with van der Waals surface area (Å²) in [5.41, 5.74) is 2.91. The second-order valence-corrected chi connectivity index (χ2v) is 7.60. The fourth-order valence-corrected chi connectivity index (χ4v) is 3.90. The first-order valence-electron chi connectivity index (χ1n) is 9.67. The van der Waals surface area contributed by atoms with Crippen molar-refractivity contribution in [2.24, 2.45) is 0 Å². The molecule has 0 fully saturated rings. The number of methoxy groups -OCH3 is 2. The van der Waals surface area contributed by atoms with Gasteiger partial charge >= 0.3 is 0 Å². The number of nitrogens with one attached hydrogen (secondary N) is 1. The van der Waals surface area contributed by atoms with Crippen LogP contribution in [0.2, 0.25) is 0 Å². The molecule has 0 saturated heterocycles. The molecule has 0 bridgehead atoms. The number of para-hydroxylation sites is 1. The van der Waals surface area contributed by atoms with Crippen LogP contribution in [0, 0.1) is 6.92 Å². The fraction of sp³-hybridized carbons (Fsp3) is 0.318. The van der Waals surface area contributed by atoms with Crippen molar-refractivity contribution in [3.63, 3.8) is 0 Å². The van der Waals surface area contributed by atoms with Crippen LogP contribution in [0.15, 0.2) is 47.6 Å². The second-order valence-electron chi connectivity index (χ2n) is 6.66. The van der Waals surface area contributed by atoms with Gasteiger partial charge in [0.2, 0.25) is 5.91 Å². The number of amides is 1. The maximum absolute atomic E-state index is 12.4.